The number of aromatic nitrogens is 1. The first-order valence-corrected chi connectivity index (χ1v) is 6.38. The van der Waals surface area contributed by atoms with Crippen molar-refractivity contribution in [3.8, 4) is 0 Å². The monoisotopic (exact) mass is 241 g/mol. The summed E-state index contributed by atoms with van der Waals surface area (Å²) in [4.78, 5) is 4.26. The third-order valence-electron chi connectivity index (χ3n) is 2.80. The Morgan fingerprint density at radius 2 is 1.94 bits per heavy atom. The maximum Gasteiger partial charge on any atom is 0.127 e. The van der Waals surface area contributed by atoms with Gasteiger partial charge in [0.25, 0.3) is 0 Å². The molecule has 0 aliphatic heterocycles. The number of benzene rings is 1. The molecular weight excluding hydrogens is 222 g/mol. The van der Waals surface area contributed by atoms with E-state index in [4.69, 9.17) is 0 Å². The Labute approximate surface area is 108 Å². The van der Waals surface area contributed by atoms with Gasteiger partial charge in [0, 0.05) is 30.2 Å². The van der Waals surface area contributed by atoms with Crippen molar-refractivity contribution in [2.45, 2.75) is 20.3 Å². The van der Waals surface area contributed by atoms with Crippen molar-refractivity contribution in [1.82, 2.24) is 4.98 Å². The summed E-state index contributed by atoms with van der Waals surface area (Å²) in [5.74, 6) is 0.900. The fourth-order valence-electron chi connectivity index (χ4n) is 1.89. The number of para-hydroxylation sites is 1. The van der Waals surface area contributed by atoms with Gasteiger partial charge in [-0.15, -0.1) is 0 Å². The molecule has 2 N–H and O–H groups in total. The van der Waals surface area contributed by atoms with Gasteiger partial charge in [-0.25, -0.2) is 4.98 Å². The van der Waals surface area contributed by atoms with Crippen molar-refractivity contribution in [2.24, 2.45) is 0 Å². The summed E-state index contributed by atoms with van der Waals surface area (Å²) in [7, 11) is 0. The van der Waals surface area contributed by atoms with Crippen LogP contribution in [0, 0.1) is 0 Å². The molecule has 3 heteroatoms. The maximum atomic E-state index is 4.26. The van der Waals surface area contributed by atoms with Crippen LogP contribution in [0.2, 0.25) is 0 Å². The van der Waals surface area contributed by atoms with E-state index in [9.17, 15) is 0 Å². The topological polar surface area (TPSA) is 37.0 Å². The van der Waals surface area contributed by atoms with Crippen molar-refractivity contribution < 1.29 is 0 Å². The molecule has 1 aromatic carbocycles. The van der Waals surface area contributed by atoms with Crippen molar-refractivity contribution in [3.05, 3.63) is 48.2 Å². The zero-order valence-electron chi connectivity index (χ0n) is 10.9. The van der Waals surface area contributed by atoms with Crippen molar-refractivity contribution in [3.63, 3.8) is 0 Å². The first kappa shape index (κ1) is 12.4. The van der Waals surface area contributed by atoms with Gasteiger partial charge in [-0.2, -0.15) is 0 Å². The molecular formula is C15H19N3. The largest absolute Gasteiger partial charge is 0.370 e. The minimum atomic E-state index is 0.877. The smallest absolute Gasteiger partial charge is 0.127 e. The van der Waals surface area contributed by atoms with E-state index in [1.54, 1.807) is 0 Å². The molecule has 0 unspecified atom stereocenters. The zero-order valence-corrected chi connectivity index (χ0v) is 10.9. The molecule has 0 radical (unpaired) electrons. The summed E-state index contributed by atoms with van der Waals surface area (Å²) in [5.41, 5.74) is 3.54. The molecule has 1 heterocycles. The maximum absolute atomic E-state index is 4.26. The van der Waals surface area contributed by atoms with Crippen LogP contribution in [0.1, 0.15) is 19.4 Å². The van der Waals surface area contributed by atoms with Crippen LogP contribution in [0.25, 0.3) is 0 Å². The lowest BCUT2D eigenvalue weighted by atomic mass is 10.1. The van der Waals surface area contributed by atoms with Gasteiger partial charge in [-0.05, 0) is 31.0 Å². The van der Waals surface area contributed by atoms with Gasteiger partial charge in [0.05, 0.1) is 0 Å². The molecule has 18 heavy (non-hydrogen) atoms. The number of nitrogens with one attached hydrogen (secondary N) is 2. The fraction of sp³-hybridized carbons (Fsp3) is 0.267. The third-order valence-corrected chi connectivity index (χ3v) is 2.80. The molecule has 0 aliphatic carbocycles. The number of anilines is 3. The Morgan fingerprint density at radius 3 is 2.72 bits per heavy atom. The van der Waals surface area contributed by atoms with Gasteiger partial charge in [0.2, 0.25) is 0 Å². The standard InChI is InChI=1S/C15H19N3/c1-3-12-7-5-6-8-14(12)18-13-9-10-17-15(11-13)16-4-2/h5-11H,3-4H2,1-2H3,(H2,16,17,18). The minimum Gasteiger partial charge on any atom is -0.370 e. The summed E-state index contributed by atoms with van der Waals surface area (Å²) in [5, 5.41) is 6.65. The lowest BCUT2D eigenvalue weighted by Crippen LogP contribution is -2.00. The lowest BCUT2D eigenvalue weighted by molar-refractivity contribution is 1.14. The Balaban J connectivity index is 2.20. The van der Waals surface area contributed by atoms with E-state index in [2.05, 4.69) is 47.7 Å². The highest BCUT2D eigenvalue weighted by atomic mass is 15.0. The van der Waals surface area contributed by atoms with Crippen LogP contribution in [0.4, 0.5) is 17.2 Å². The van der Waals surface area contributed by atoms with Gasteiger partial charge in [0.15, 0.2) is 0 Å². The summed E-state index contributed by atoms with van der Waals surface area (Å²) in [6.07, 6.45) is 2.84. The Bertz CT molecular complexity index is 509. The average molecular weight is 241 g/mol. The Morgan fingerprint density at radius 1 is 1.11 bits per heavy atom. The van der Waals surface area contributed by atoms with Crippen molar-refractivity contribution >= 4 is 17.2 Å². The predicted molar refractivity (Wildman–Crippen MR) is 77.5 cm³/mol. The van der Waals surface area contributed by atoms with Crippen LogP contribution in [-0.4, -0.2) is 11.5 Å². The van der Waals surface area contributed by atoms with E-state index in [-0.39, 0.29) is 0 Å². The van der Waals surface area contributed by atoms with Crippen molar-refractivity contribution in [2.75, 3.05) is 17.2 Å². The van der Waals surface area contributed by atoms with Gasteiger partial charge in [-0.1, -0.05) is 25.1 Å². The van der Waals surface area contributed by atoms with E-state index in [0.717, 1.165) is 30.2 Å². The Kier molecular flexibility index (Phi) is 4.18. The molecule has 0 fully saturated rings. The SMILES string of the molecule is CCNc1cc(Nc2ccccc2CC)ccn1. The van der Waals surface area contributed by atoms with Crippen LogP contribution < -0.4 is 10.6 Å². The summed E-state index contributed by atoms with van der Waals surface area (Å²) >= 11 is 0. The molecule has 3 nitrogen and oxygen atoms in total. The van der Waals surface area contributed by atoms with E-state index in [0.29, 0.717) is 0 Å². The van der Waals surface area contributed by atoms with E-state index >= 15 is 0 Å². The van der Waals surface area contributed by atoms with E-state index in [1.807, 2.05) is 24.4 Å². The second-order valence-electron chi connectivity index (χ2n) is 4.10. The predicted octanol–water partition coefficient (Wildman–Crippen LogP) is 3.82. The van der Waals surface area contributed by atoms with Gasteiger partial charge in [0.1, 0.15) is 5.82 Å². The Hall–Kier alpha value is -2.03. The molecule has 2 aromatic rings. The van der Waals surface area contributed by atoms with E-state index in [1.165, 1.54) is 5.56 Å². The van der Waals surface area contributed by atoms with Crippen LogP contribution in [0.5, 0.6) is 0 Å². The minimum absolute atomic E-state index is 0.877. The highest BCUT2D eigenvalue weighted by Crippen LogP contribution is 2.22. The van der Waals surface area contributed by atoms with Crippen LogP contribution in [0.15, 0.2) is 42.6 Å². The summed E-state index contributed by atoms with van der Waals surface area (Å²) in [6.45, 7) is 5.10. The molecule has 0 saturated carbocycles. The van der Waals surface area contributed by atoms with Crippen molar-refractivity contribution in [1.29, 1.82) is 0 Å². The molecule has 0 spiro atoms. The van der Waals surface area contributed by atoms with Gasteiger partial charge < -0.3 is 10.6 Å². The molecule has 94 valence electrons. The first-order chi connectivity index (χ1) is 8.83. The molecule has 1 aromatic heterocycles. The summed E-state index contributed by atoms with van der Waals surface area (Å²) in [6, 6.07) is 12.4. The molecule has 2 rings (SSSR count). The third kappa shape index (κ3) is 3.00. The van der Waals surface area contributed by atoms with Crippen LogP contribution in [0.3, 0.4) is 0 Å². The highest BCUT2D eigenvalue weighted by Gasteiger charge is 2.01. The van der Waals surface area contributed by atoms with Gasteiger partial charge in [-0.3, -0.25) is 0 Å². The highest BCUT2D eigenvalue weighted by molar-refractivity contribution is 5.65. The lowest BCUT2D eigenvalue weighted by Gasteiger charge is -2.11. The molecule has 0 amide bonds. The first-order valence-electron chi connectivity index (χ1n) is 6.38. The second-order valence-corrected chi connectivity index (χ2v) is 4.10. The normalized spacial score (nSPS) is 10.1. The quantitative estimate of drug-likeness (QED) is 0.835. The molecule has 0 saturated heterocycles. The van der Waals surface area contributed by atoms with Crippen LogP contribution >= 0.6 is 0 Å². The molecule has 0 bridgehead atoms. The molecule has 0 aliphatic rings. The number of hydrogen-bond donors (Lipinski definition) is 2. The molecule has 0 atom stereocenters. The second kappa shape index (κ2) is 6.05. The number of pyridine rings is 1. The number of rotatable bonds is 5. The van der Waals surface area contributed by atoms with E-state index < -0.39 is 0 Å². The summed E-state index contributed by atoms with van der Waals surface area (Å²) < 4.78 is 0. The zero-order chi connectivity index (χ0) is 12.8. The number of aryl methyl sites for hydroxylation is 1. The number of hydrogen-bond acceptors (Lipinski definition) is 3. The average Bonchev–Trinajstić information content (AvgIpc) is 2.40. The fourth-order valence-corrected chi connectivity index (χ4v) is 1.89. The number of nitrogens with zero attached hydrogens (tertiary/aromatic N) is 1. The van der Waals surface area contributed by atoms with Crippen LogP contribution in [-0.2, 0) is 6.42 Å². The van der Waals surface area contributed by atoms with Gasteiger partial charge >= 0.3 is 0 Å².